The Kier molecular flexibility index (Phi) is 23.4. The summed E-state index contributed by atoms with van der Waals surface area (Å²) in [5.41, 5.74) is 1.77. The summed E-state index contributed by atoms with van der Waals surface area (Å²) in [6, 6.07) is 15.3. The van der Waals surface area contributed by atoms with E-state index in [9.17, 15) is 14.4 Å². The molecule has 3 heterocycles. The van der Waals surface area contributed by atoms with E-state index >= 15 is 0 Å². The van der Waals surface area contributed by atoms with Crippen LogP contribution in [-0.2, 0) is 14.4 Å². The second kappa shape index (κ2) is 23.8. The molecule has 3 aliphatic heterocycles. The molecule has 3 aliphatic rings. The van der Waals surface area contributed by atoms with Crippen LogP contribution in [0.25, 0.3) is 0 Å². The largest absolute Gasteiger partial charge is 0.495 e. The van der Waals surface area contributed by atoms with Gasteiger partial charge in [-0.05, 0) is 70.8 Å². The van der Waals surface area contributed by atoms with E-state index < -0.39 is 0 Å². The number of para-hydroxylation sites is 4. The van der Waals surface area contributed by atoms with Gasteiger partial charge in [0, 0.05) is 80.8 Å². The number of benzene rings is 2. The van der Waals surface area contributed by atoms with Gasteiger partial charge >= 0.3 is 0 Å². The monoisotopic (exact) mass is 943 g/mol. The van der Waals surface area contributed by atoms with Crippen molar-refractivity contribution in [3.05, 3.63) is 48.5 Å². The number of halogens is 3. The van der Waals surface area contributed by atoms with Crippen molar-refractivity contribution in [2.75, 3.05) is 43.7 Å². The van der Waals surface area contributed by atoms with Crippen molar-refractivity contribution in [1.82, 2.24) is 5.32 Å². The first-order valence-corrected chi connectivity index (χ1v) is 21.7. The molecule has 13 heteroatoms. The molecule has 2 aromatic carbocycles. The third-order valence-electron chi connectivity index (χ3n) is 6.20. The van der Waals surface area contributed by atoms with E-state index in [0.717, 1.165) is 68.2 Å². The highest BCUT2D eigenvalue weighted by atomic mass is 127. The second-order valence-electron chi connectivity index (χ2n) is 8.68. The molecule has 0 radical (unpaired) electrons. The molecule has 0 bridgehead atoms. The number of rotatable bonds is 4. The molecule has 1 unspecified atom stereocenters. The molecule has 0 saturated carbocycles. The molecule has 8 nitrogen and oxygen atoms in total. The van der Waals surface area contributed by atoms with Gasteiger partial charge < -0.3 is 24.6 Å². The van der Waals surface area contributed by atoms with Crippen LogP contribution in [0.3, 0.4) is 0 Å². The maximum absolute atomic E-state index is 11.8. The van der Waals surface area contributed by atoms with Crippen molar-refractivity contribution in [2.45, 2.75) is 46.5 Å². The Morgan fingerprint density at radius 3 is 1.71 bits per heavy atom. The van der Waals surface area contributed by atoms with Gasteiger partial charge in [0.2, 0.25) is 17.7 Å². The Labute approximate surface area is 291 Å². The average molecular weight is 943 g/mol. The molecule has 3 fully saturated rings. The van der Waals surface area contributed by atoms with Crippen LogP contribution in [0.15, 0.2) is 48.5 Å². The summed E-state index contributed by atoms with van der Waals surface area (Å²) in [5.74, 6) is 2.25. The highest BCUT2D eigenvalue weighted by molar-refractivity contribution is 14.3. The van der Waals surface area contributed by atoms with Crippen LogP contribution in [-0.4, -0.2) is 51.6 Å². The minimum Gasteiger partial charge on any atom is -0.495 e. The van der Waals surface area contributed by atoms with Crippen molar-refractivity contribution >= 4 is 109 Å². The molecule has 3 saturated heterocycles. The van der Waals surface area contributed by atoms with E-state index in [-0.39, 0.29) is 31.1 Å². The second-order valence-corrected chi connectivity index (χ2v) is 16.5. The molecule has 230 valence electrons. The number of hydrogen-bond acceptors (Lipinski definition) is 7. The lowest BCUT2D eigenvalue weighted by molar-refractivity contribution is -0.120. The number of thiol groups is 1. The maximum Gasteiger partial charge on any atom is 0.229 e. The van der Waals surface area contributed by atoms with Gasteiger partial charge in [-0.1, -0.05) is 38.6 Å². The first-order chi connectivity index (χ1) is 19.4. The molecule has 2 aromatic rings. The van der Waals surface area contributed by atoms with Crippen molar-refractivity contribution in [2.24, 2.45) is 5.92 Å². The van der Waals surface area contributed by atoms with Crippen molar-refractivity contribution in [1.29, 1.82) is 0 Å². The standard InChI is InChI=1S/C12H15NO2.C11H13NO2.C4H7NO.CH4.I2S.HIS/c1-9-7-8-13(12(9)14)10-5-3-4-6-11(10)15-2;1-14-10-6-3-2-5-9(10)12-8-4-7-11(12)13;6-4-2-1-3-5-4;;1-3-2;1-2/h3-6,9H,7-8H2,1-2H3;2-3,5-6H,4,7-8H2,1H3;1-3H2,(H,5,6);1H4;;2H. The van der Waals surface area contributed by atoms with Crippen LogP contribution >= 0.6 is 79.5 Å². The quantitative estimate of drug-likeness (QED) is 0.238. The lowest BCUT2D eigenvalue weighted by atomic mass is 10.1. The van der Waals surface area contributed by atoms with Gasteiger partial charge in [0.1, 0.15) is 11.5 Å². The van der Waals surface area contributed by atoms with Crippen LogP contribution < -0.4 is 24.6 Å². The number of methoxy groups -OCH3 is 2. The van der Waals surface area contributed by atoms with Gasteiger partial charge in [-0.2, -0.15) is 0 Å². The Bertz CT molecular complexity index is 1060. The Morgan fingerprint density at radius 1 is 0.854 bits per heavy atom. The lowest BCUT2D eigenvalue weighted by Gasteiger charge is -2.18. The van der Waals surface area contributed by atoms with Gasteiger partial charge in [0.25, 0.3) is 0 Å². The molecule has 0 aromatic heterocycles. The predicted molar refractivity (Wildman–Crippen MR) is 201 cm³/mol. The molecule has 0 spiro atoms. The van der Waals surface area contributed by atoms with E-state index in [1.54, 1.807) is 25.2 Å². The highest BCUT2D eigenvalue weighted by Crippen LogP contribution is 2.32. The van der Waals surface area contributed by atoms with Gasteiger partial charge in [-0.25, -0.2) is 0 Å². The van der Waals surface area contributed by atoms with Crippen LogP contribution in [0.1, 0.15) is 46.5 Å². The average Bonchev–Trinajstić information content (AvgIpc) is 3.73. The first kappa shape index (κ1) is 40.3. The minimum atomic E-state index is 0. The number of nitrogens with zero attached hydrogens (tertiary/aromatic N) is 2. The Balaban J connectivity index is 0.000000568. The Hall–Kier alpha value is -0.660. The number of nitrogens with one attached hydrogen (secondary N) is 1. The summed E-state index contributed by atoms with van der Waals surface area (Å²) in [6.07, 6.45) is 5.97. The zero-order valence-corrected chi connectivity index (χ0v) is 31.0. The summed E-state index contributed by atoms with van der Waals surface area (Å²) >= 11 is 6.23. The summed E-state index contributed by atoms with van der Waals surface area (Å²) in [6.45, 7) is 4.45. The van der Waals surface area contributed by atoms with Crippen LogP contribution in [0, 0.1) is 5.92 Å². The zero-order valence-electron chi connectivity index (χ0n) is 22.8. The SMILES string of the molecule is C.COc1ccccc1N1CCC(C)C1=O.COc1ccccc1N1CCCC1=O.ISI.O=C1CCCN1.SI. The summed E-state index contributed by atoms with van der Waals surface area (Å²) in [4.78, 5) is 37.1. The number of carbonyl (C=O) groups excluding carboxylic acids is 3. The van der Waals surface area contributed by atoms with E-state index in [0.29, 0.717) is 6.42 Å². The number of carbonyl (C=O) groups is 3. The Morgan fingerprint density at radius 2 is 1.37 bits per heavy atom. The fraction of sp³-hybridized carbons (Fsp3) is 0.464. The zero-order chi connectivity index (χ0) is 29.9. The fourth-order valence-electron chi connectivity index (χ4n) is 4.24. The van der Waals surface area contributed by atoms with Gasteiger partial charge in [-0.3, -0.25) is 14.4 Å². The number of ether oxygens (including phenoxy) is 2. The molecule has 5 rings (SSSR count). The summed E-state index contributed by atoms with van der Waals surface area (Å²) in [5, 5.41) is 2.68. The summed E-state index contributed by atoms with van der Waals surface area (Å²) in [7, 11) is 6.75. The van der Waals surface area contributed by atoms with Crippen molar-refractivity contribution < 1.29 is 23.9 Å². The molecular weight excluding hydrogens is 903 g/mol. The van der Waals surface area contributed by atoms with E-state index in [4.69, 9.17) is 9.47 Å². The predicted octanol–water partition coefficient (Wildman–Crippen LogP) is 8.11. The van der Waals surface area contributed by atoms with Crippen LogP contribution in [0.2, 0.25) is 0 Å². The molecule has 41 heavy (non-hydrogen) atoms. The number of amides is 3. The smallest absolute Gasteiger partial charge is 0.229 e. The van der Waals surface area contributed by atoms with E-state index in [1.165, 1.54) is 0 Å². The third-order valence-corrected chi connectivity index (χ3v) is 6.20. The maximum atomic E-state index is 11.8. The highest BCUT2D eigenvalue weighted by Gasteiger charge is 2.30. The van der Waals surface area contributed by atoms with E-state index in [2.05, 4.69) is 57.5 Å². The van der Waals surface area contributed by atoms with Gasteiger partial charge in [0.15, 0.2) is 0 Å². The van der Waals surface area contributed by atoms with Crippen LogP contribution in [0.5, 0.6) is 11.5 Å². The number of anilines is 2. The van der Waals surface area contributed by atoms with Crippen LogP contribution in [0.4, 0.5) is 11.4 Å². The molecule has 1 N–H and O–H groups in total. The molecule has 3 amide bonds. The molecule has 0 aliphatic carbocycles. The van der Waals surface area contributed by atoms with Gasteiger partial charge in [-0.15, -0.1) is 9.80 Å². The topological polar surface area (TPSA) is 88.2 Å². The molecular formula is C28H40I3N3O5S2. The molecule has 1 atom stereocenters. The van der Waals surface area contributed by atoms with Crippen molar-refractivity contribution in [3.63, 3.8) is 0 Å². The normalized spacial score (nSPS) is 16.8. The number of hydrogen-bond donors (Lipinski definition) is 2. The fourth-order valence-corrected chi connectivity index (χ4v) is 4.24. The minimum absolute atomic E-state index is 0. The third kappa shape index (κ3) is 13.7. The van der Waals surface area contributed by atoms with Gasteiger partial charge in [0.05, 0.1) is 25.6 Å². The first-order valence-electron chi connectivity index (χ1n) is 12.6. The summed E-state index contributed by atoms with van der Waals surface area (Å²) < 4.78 is 10.5. The van der Waals surface area contributed by atoms with E-state index in [1.807, 2.05) is 81.6 Å². The van der Waals surface area contributed by atoms with Crippen molar-refractivity contribution in [3.8, 4) is 11.5 Å². The lowest BCUT2D eigenvalue weighted by Crippen LogP contribution is -2.26.